The first-order valence-corrected chi connectivity index (χ1v) is 8.51. The van der Waals surface area contributed by atoms with Crippen molar-refractivity contribution in [3.8, 4) is 11.5 Å². The van der Waals surface area contributed by atoms with Crippen molar-refractivity contribution in [2.45, 2.75) is 12.4 Å². The fraction of sp³-hybridized carbons (Fsp3) is 0.368. The highest BCUT2D eigenvalue weighted by atomic mass is 19.4. The number of nitrogens with one attached hydrogen (secondary N) is 1. The molecule has 146 valence electrons. The van der Waals surface area contributed by atoms with Gasteiger partial charge in [-0.2, -0.15) is 0 Å². The second-order valence-corrected chi connectivity index (χ2v) is 6.19. The van der Waals surface area contributed by atoms with Crippen LogP contribution in [-0.2, 0) is 0 Å². The summed E-state index contributed by atoms with van der Waals surface area (Å²) in [5.74, 6) is -0.171. The van der Waals surface area contributed by atoms with Crippen molar-refractivity contribution in [3.05, 3.63) is 59.4 Å². The molecule has 0 spiro atoms. The van der Waals surface area contributed by atoms with E-state index < -0.39 is 12.2 Å². The van der Waals surface area contributed by atoms with Gasteiger partial charge >= 0.3 is 6.36 Å². The Balaban J connectivity index is 1.99. The summed E-state index contributed by atoms with van der Waals surface area (Å²) in [6, 6.07) is 9.60. The quantitative estimate of drug-likeness (QED) is 0.797. The molecule has 0 aromatic heterocycles. The largest absolute Gasteiger partial charge is 0.573 e. The minimum Gasteiger partial charge on any atom is -0.496 e. The molecule has 0 radical (unpaired) electrons. The molecule has 1 fully saturated rings. The molecule has 0 unspecified atom stereocenters. The summed E-state index contributed by atoms with van der Waals surface area (Å²) < 4.78 is 60.5. The van der Waals surface area contributed by atoms with Gasteiger partial charge in [0.2, 0.25) is 0 Å². The summed E-state index contributed by atoms with van der Waals surface area (Å²) in [5.41, 5.74) is 1.36. The molecule has 1 aliphatic rings. The SMILES string of the molecule is COc1ccc(F)cc1[C@@H](c1ccc(OC(F)(F)F)cc1)N1CCNCC1. The zero-order valence-corrected chi connectivity index (χ0v) is 14.7. The normalized spacial score (nSPS) is 16.8. The third kappa shape index (κ3) is 4.90. The highest BCUT2D eigenvalue weighted by molar-refractivity contribution is 5.43. The van der Waals surface area contributed by atoms with Crippen LogP contribution in [0.5, 0.6) is 11.5 Å². The third-order valence-corrected chi connectivity index (χ3v) is 4.43. The Morgan fingerprint density at radius 3 is 2.30 bits per heavy atom. The van der Waals surface area contributed by atoms with Gasteiger partial charge in [0.05, 0.1) is 13.2 Å². The monoisotopic (exact) mass is 384 g/mol. The van der Waals surface area contributed by atoms with E-state index in [0.717, 1.165) is 18.7 Å². The van der Waals surface area contributed by atoms with Gasteiger partial charge in [-0.15, -0.1) is 13.2 Å². The Labute approximate surface area is 154 Å². The summed E-state index contributed by atoms with van der Waals surface area (Å²) in [6.45, 7) is 2.96. The molecule has 1 atom stereocenters. The van der Waals surface area contributed by atoms with Gasteiger partial charge < -0.3 is 14.8 Å². The summed E-state index contributed by atoms with van der Waals surface area (Å²) in [6.07, 6.45) is -4.74. The Kier molecular flexibility index (Phi) is 5.86. The molecule has 1 aliphatic heterocycles. The van der Waals surface area contributed by atoms with Gasteiger partial charge in [0, 0.05) is 31.7 Å². The van der Waals surface area contributed by atoms with E-state index in [2.05, 4.69) is 15.0 Å². The van der Waals surface area contributed by atoms with E-state index in [1.165, 1.54) is 31.4 Å². The zero-order chi connectivity index (χ0) is 19.4. The maximum atomic E-state index is 13.9. The van der Waals surface area contributed by atoms with E-state index in [-0.39, 0.29) is 11.8 Å². The molecule has 0 amide bonds. The van der Waals surface area contributed by atoms with Gasteiger partial charge in [-0.1, -0.05) is 12.1 Å². The van der Waals surface area contributed by atoms with E-state index >= 15 is 0 Å². The van der Waals surface area contributed by atoms with Gasteiger partial charge in [0.1, 0.15) is 17.3 Å². The molecular weight excluding hydrogens is 364 g/mol. The first-order chi connectivity index (χ1) is 12.9. The van der Waals surface area contributed by atoms with Crippen LogP contribution in [0.25, 0.3) is 0 Å². The molecule has 0 bridgehead atoms. The fourth-order valence-corrected chi connectivity index (χ4v) is 3.30. The van der Waals surface area contributed by atoms with Crippen molar-refractivity contribution < 1.29 is 27.0 Å². The standard InChI is InChI=1S/C19H20F4N2O2/c1-26-17-7-4-14(20)12-16(17)18(25-10-8-24-9-11-25)13-2-5-15(6-3-13)27-19(21,22)23/h2-7,12,18,24H,8-11H2,1H3/t18-/m1/s1. The average molecular weight is 384 g/mol. The number of ether oxygens (including phenoxy) is 2. The van der Waals surface area contributed by atoms with Crippen molar-refractivity contribution >= 4 is 0 Å². The number of hydrogen-bond donors (Lipinski definition) is 1. The third-order valence-electron chi connectivity index (χ3n) is 4.43. The van der Waals surface area contributed by atoms with E-state index in [1.807, 2.05) is 0 Å². The Morgan fingerprint density at radius 1 is 1.04 bits per heavy atom. The van der Waals surface area contributed by atoms with Crippen LogP contribution in [0.1, 0.15) is 17.2 Å². The van der Waals surface area contributed by atoms with Crippen LogP contribution < -0.4 is 14.8 Å². The molecule has 0 saturated carbocycles. The molecule has 2 aromatic rings. The molecule has 1 saturated heterocycles. The molecule has 4 nitrogen and oxygen atoms in total. The number of rotatable bonds is 5. The van der Waals surface area contributed by atoms with Crippen molar-refractivity contribution in [2.24, 2.45) is 0 Å². The smallest absolute Gasteiger partial charge is 0.496 e. The van der Waals surface area contributed by atoms with Gasteiger partial charge in [-0.05, 0) is 35.9 Å². The number of halogens is 4. The minimum absolute atomic E-state index is 0.295. The highest BCUT2D eigenvalue weighted by Crippen LogP contribution is 2.36. The maximum absolute atomic E-state index is 13.9. The number of alkyl halides is 3. The molecule has 3 rings (SSSR count). The van der Waals surface area contributed by atoms with E-state index in [0.29, 0.717) is 24.4 Å². The summed E-state index contributed by atoms with van der Waals surface area (Å²) in [4.78, 5) is 2.15. The molecule has 2 aromatic carbocycles. The predicted molar refractivity (Wildman–Crippen MR) is 92.4 cm³/mol. The highest BCUT2D eigenvalue weighted by Gasteiger charge is 2.31. The summed E-state index contributed by atoms with van der Waals surface area (Å²) >= 11 is 0. The van der Waals surface area contributed by atoms with Crippen LogP contribution in [-0.4, -0.2) is 44.6 Å². The Morgan fingerprint density at radius 2 is 1.70 bits per heavy atom. The average Bonchev–Trinajstić information content (AvgIpc) is 2.63. The Hall–Kier alpha value is -2.32. The van der Waals surface area contributed by atoms with Crippen LogP contribution in [0.15, 0.2) is 42.5 Å². The number of hydrogen-bond acceptors (Lipinski definition) is 4. The van der Waals surface area contributed by atoms with E-state index in [9.17, 15) is 17.6 Å². The maximum Gasteiger partial charge on any atom is 0.573 e. The van der Waals surface area contributed by atoms with Crippen molar-refractivity contribution in [1.82, 2.24) is 10.2 Å². The molecule has 1 heterocycles. The van der Waals surface area contributed by atoms with Gasteiger partial charge in [-0.3, -0.25) is 4.90 Å². The van der Waals surface area contributed by atoms with Gasteiger partial charge in [0.25, 0.3) is 0 Å². The molecule has 0 aliphatic carbocycles. The molecule has 27 heavy (non-hydrogen) atoms. The van der Waals surface area contributed by atoms with Crippen molar-refractivity contribution in [3.63, 3.8) is 0 Å². The summed E-state index contributed by atoms with van der Waals surface area (Å²) in [5, 5.41) is 3.26. The number of nitrogens with zero attached hydrogens (tertiary/aromatic N) is 1. The van der Waals surface area contributed by atoms with Gasteiger partial charge in [0.15, 0.2) is 0 Å². The number of methoxy groups -OCH3 is 1. The van der Waals surface area contributed by atoms with Crippen molar-refractivity contribution in [2.75, 3.05) is 33.3 Å². The first-order valence-electron chi connectivity index (χ1n) is 8.51. The van der Waals surface area contributed by atoms with Crippen LogP contribution in [0.3, 0.4) is 0 Å². The van der Waals surface area contributed by atoms with Crippen LogP contribution >= 0.6 is 0 Å². The second-order valence-electron chi connectivity index (χ2n) is 6.19. The lowest BCUT2D eigenvalue weighted by atomic mass is 9.95. The van der Waals surface area contributed by atoms with E-state index in [4.69, 9.17) is 4.74 Å². The van der Waals surface area contributed by atoms with Crippen LogP contribution in [0.2, 0.25) is 0 Å². The molecule has 1 N–H and O–H groups in total. The lowest BCUT2D eigenvalue weighted by molar-refractivity contribution is -0.274. The number of benzene rings is 2. The van der Waals surface area contributed by atoms with Crippen molar-refractivity contribution in [1.29, 1.82) is 0 Å². The van der Waals surface area contributed by atoms with Crippen LogP contribution in [0, 0.1) is 5.82 Å². The first kappa shape index (κ1) is 19.4. The number of piperazine rings is 1. The molecule has 8 heteroatoms. The topological polar surface area (TPSA) is 33.7 Å². The predicted octanol–water partition coefficient (Wildman–Crippen LogP) is 3.73. The summed E-state index contributed by atoms with van der Waals surface area (Å²) in [7, 11) is 1.51. The lowest BCUT2D eigenvalue weighted by Gasteiger charge is -2.36. The van der Waals surface area contributed by atoms with Crippen LogP contribution in [0.4, 0.5) is 17.6 Å². The van der Waals surface area contributed by atoms with Gasteiger partial charge in [-0.25, -0.2) is 4.39 Å². The minimum atomic E-state index is -4.74. The fourth-order valence-electron chi connectivity index (χ4n) is 3.30. The second kappa shape index (κ2) is 8.14. The van der Waals surface area contributed by atoms with E-state index in [1.54, 1.807) is 18.2 Å². The molecular formula is C19H20F4N2O2. The zero-order valence-electron chi connectivity index (χ0n) is 14.7. The lowest BCUT2D eigenvalue weighted by Crippen LogP contribution is -2.45. The Bertz CT molecular complexity index is 759.